The lowest BCUT2D eigenvalue weighted by molar-refractivity contribution is -0.122. The van der Waals surface area contributed by atoms with Crippen LogP contribution in [0.1, 0.15) is 41.4 Å². The van der Waals surface area contributed by atoms with Gasteiger partial charge in [-0.25, -0.2) is 0 Å². The van der Waals surface area contributed by atoms with E-state index in [0.29, 0.717) is 11.7 Å². The molecular formula is C18H21N5OS. The van der Waals surface area contributed by atoms with Crippen LogP contribution in [-0.2, 0) is 17.6 Å². The maximum absolute atomic E-state index is 12.7. The summed E-state index contributed by atoms with van der Waals surface area (Å²) < 4.78 is 0. The second-order valence-corrected chi connectivity index (χ2v) is 7.53. The number of nitrogens with one attached hydrogen (secondary N) is 2. The Morgan fingerprint density at radius 2 is 2.24 bits per heavy atom. The molecular weight excluding hydrogens is 334 g/mol. The maximum Gasteiger partial charge on any atom is 0.229 e. The lowest BCUT2D eigenvalue weighted by Crippen LogP contribution is -2.32. The van der Waals surface area contributed by atoms with Crippen molar-refractivity contribution in [3.05, 3.63) is 40.5 Å². The van der Waals surface area contributed by atoms with E-state index in [1.165, 1.54) is 22.3 Å². The number of rotatable bonds is 5. The Kier molecular flexibility index (Phi) is 4.40. The van der Waals surface area contributed by atoms with Crippen molar-refractivity contribution < 1.29 is 4.79 Å². The predicted octanol–water partition coefficient (Wildman–Crippen LogP) is 2.77. The molecule has 0 saturated heterocycles. The van der Waals surface area contributed by atoms with Crippen LogP contribution in [0.2, 0.25) is 0 Å². The molecule has 0 saturated carbocycles. The molecule has 130 valence electrons. The third-order valence-corrected chi connectivity index (χ3v) is 5.59. The minimum Gasteiger partial charge on any atom is -0.374 e. The Balaban J connectivity index is 1.40. The van der Waals surface area contributed by atoms with E-state index in [0.717, 1.165) is 48.3 Å². The van der Waals surface area contributed by atoms with E-state index in [9.17, 15) is 4.79 Å². The van der Waals surface area contributed by atoms with Gasteiger partial charge in [0.25, 0.3) is 0 Å². The number of carbonyl (C=O) groups is 1. The van der Waals surface area contributed by atoms with E-state index in [-0.39, 0.29) is 11.8 Å². The topological polar surface area (TPSA) is 96.7 Å². The molecule has 0 aliphatic heterocycles. The van der Waals surface area contributed by atoms with Crippen LogP contribution in [0.4, 0.5) is 5.13 Å². The van der Waals surface area contributed by atoms with Crippen LogP contribution in [0.15, 0.2) is 24.3 Å². The summed E-state index contributed by atoms with van der Waals surface area (Å²) in [6.45, 7) is 0.643. The number of nitrogens with zero attached hydrogens (tertiary/aromatic N) is 2. The number of H-pyrrole nitrogens is 1. The van der Waals surface area contributed by atoms with Gasteiger partial charge in [-0.2, -0.15) is 0 Å². The molecule has 3 aromatic rings. The van der Waals surface area contributed by atoms with Crippen LogP contribution < -0.4 is 11.1 Å². The fourth-order valence-electron chi connectivity index (χ4n) is 3.62. The number of nitrogens with two attached hydrogens (primary N) is 1. The van der Waals surface area contributed by atoms with Crippen molar-refractivity contribution >= 4 is 33.3 Å². The number of benzene rings is 1. The van der Waals surface area contributed by atoms with Crippen molar-refractivity contribution in [1.29, 1.82) is 0 Å². The molecule has 0 fully saturated rings. The molecule has 1 aromatic carbocycles. The van der Waals surface area contributed by atoms with Gasteiger partial charge in [0, 0.05) is 29.6 Å². The summed E-state index contributed by atoms with van der Waals surface area (Å²) in [7, 11) is 0. The lowest BCUT2D eigenvalue weighted by atomic mass is 9.86. The zero-order chi connectivity index (χ0) is 17.2. The van der Waals surface area contributed by atoms with Crippen LogP contribution in [0.5, 0.6) is 0 Å². The van der Waals surface area contributed by atoms with Gasteiger partial charge in [0.05, 0.1) is 5.92 Å². The van der Waals surface area contributed by atoms with Crippen molar-refractivity contribution in [2.75, 3.05) is 12.3 Å². The van der Waals surface area contributed by atoms with Crippen LogP contribution in [-0.4, -0.2) is 27.6 Å². The van der Waals surface area contributed by atoms with Crippen molar-refractivity contribution in [3.8, 4) is 0 Å². The van der Waals surface area contributed by atoms with Gasteiger partial charge in [-0.05, 0) is 37.3 Å². The normalized spacial score (nSPS) is 16.7. The summed E-state index contributed by atoms with van der Waals surface area (Å²) in [5.74, 6) is 0.0395. The first-order valence-corrected chi connectivity index (χ1v) is 9.49. The summed E-state index contributed by atoms with van der Waals surface area (Å²) in [6, 6.07) is 8.30. The van der Waals surface area contributed by atoms with E-state index in [2.05, 4.69) is 38.7 Å². The SMILES string of the molecule is Nc1nnc(CCCNC(=O)[C@H]2CCCc3c2[nH]c2ccccc32)s1. The molecule has 7 heteroatoms. The van der Waals surface area contributed by atoms with Gasteiger partial charge in [0.2, 0.25) is 11.0 Å². The number of nitrogen functional groups attached to an aromatic ring is 1. The standard InChI is InChI=1S/C18H21N5OS/c19-18-23-22-15(25-18)9-4-10-20-17(24)13-7-3-6-12-11-5-1-2-8-14(11)21-16(12)13/h1-2,5,8,13,21H,3-4,6-7,9-10H2,(H2,19,23)(H,20,24)/t13-/m0/s1. The number of aromatic amines is 1. The van der Waals surface area contributed by atoms with Gasteiger partial charge in [-0.1, -0.05) is 29.5 Å². The van der Waals surface area contributed by atoms with E-state index in [4.69, 9.17) is 5.73 Å². The van der Waals surface area contributed by atoms with Crippen molar-refractivity contribution in [2.24, 2.45) is 0 Å². The summed E-state index contributed by atoms with van der Waals surface area (Å²) in [5.41, 5.74) is 9.11. The number of amides is 1. The molecule has 0 spiro atoms. The Bertz CT molecular complexity index is 900. The highest BCUT2D eigenvalue weighted by Crippen LogP contribution is 2.36. The minimum atomic E-state index is -0.0756. The number of aryl methyl sites for hydroxylation is 2. The molecule has 1 aliphatic rings. The van der Waals surface area contributed by atoms with Crippen LogP contribution in [0.3, 0.4) is 0 Å². The lowest BCUT2D eigenvalue weighted by Gasteiger charge is -2.22. The molecule has 0 bridgehead atoms. The van der Waals surface area contributed by atoms with Crippen molar-refractivity contribution in [1.82, 2.24) is 20.5 Å². The fraction of sp³-hybridized carbons (Fsp3) is 0.389. The first kappa shape index (κ1) is 16.1. The number of hydrogen-bond donors (Lipinski definition) is 3. The molecule has 2 aromatic heterocycles. The zero-order valence-corrected chi connectivity index (χ0v) is 14.7. The average molecular weight is 355 g/mol. The van der Waals surface area contributed by atoms with E-state index < -0.39 is 0 Å². The van der Waals surface area contributed by atoms with Gasteiger partial charge < -0.3 is 16.0 Å². The Morgan fingerprint density at radius 1 is 1.36 bits per heavy atom. The molecule has 4 N–H and O–H groups in total. The third kappa shape index (κ3) is 3.24. The largest absolute Gasteiger partial charge is 0.374 e. The van der Waals surface area contributed by atoms with Crippen LogP contribution in [0, 0.1) is 0 Å². The Hall–Kier alpha value is -2.41. The summed E-state index contributed by atoms with van der Waals surface area (Å²) >= 11 is 1.41. The van der Waals surface area contributed by atoms with Crippen molar-refractivity contribution in [2.45, 2.75) is 38.0 Å². The maximum atomic E-state index is 12.7. The van der Waals surface area contributed by atoms with Crippen LogP contribution >= 0.6 is 11.3 Å². The zero-order valence-electron chi connectivity index (χ0n) is 13.9. The van der Waals surface area contributed by atoms with Gasteiger partial charge in [0.1, 0.15) is 5.01 Å². The quantitative estimate of drug-likeness (QED) is 0.613. The van der Waals surface area contributed by atoms with E-state index in [1.54, 1.807) is 0 Å². The fourth-order valence-corrected chi connectivity index (χ4v) is 4.27. The highest BCUT2D eigenvalue weighted by molar-refractivity contribution is 7.15. The molecule has 4 rings (SSSR count). The number of anilines is 1. The van der Waals surface area contributed by atoms with E-state index >= 15 is 0 Å². The number of fused-ring (bicyclic) bond motifs is 3. The van der Waals surface area contributed by atoms with E-state index in [1.807, 2.05) is 6.07 Å². The highest BCUT2D eigenvalue weighted by atomic mass is 32.1. The molecule has 25 heavy (non-hydrogen) atoms. The Labute approximate surface area is 149 Å². The van der Waals surface area contributed by atoms with Gasteiger partial charge in [-0.15, -0.1) is 10.2 Å². The summed E-state index contributed by atoms with van der Waals surface area (Å²) in [6.07, 6.45) is 4.63. The molecule has 0 radical (unpaired) electrons. The average Bonchev–Trinajstić information content (AvgIpc) is 3.21. The van der Waals surface area contributed by atoms with Gasteiger partial charge >= 0.3 is 0 Å². The number of carbonyl (C=O) groups excluding carboxylic acids is 1. The molecule has 0 unspecified atom stereocenters. The number of aromatic nitrogens is 3. The van der Waals surface area contributed by atoms with Gasteiger partial charge in [0.15, 0.2) is 0 Å². The predicted molar refractivity (Wildman–Crippen MR) is 99.6 cm³/mol. The summed E-state index contributed by atoms with van der Waals surface area (Å²) in [5, 5.41) is 13.6. The van der Waals surface area contributed by atoms with Crippen molar-refractivity contribution in [3.63, 3.8) is 0 Å². The third-order valence-electron chi connectivity index (χ3n) is 4.78. The molecule has 1 amide bonds. The smallest absolute Gasteiger partial charge is 0.229 e. The number of hydrogen-bond acceptors (Lipinski definition) is 5. The number of para-hydroxylation sites is 1. The first-order valence-electron chi connectivity index (χ1n) is 8.67. The molecule has 6 nitrogen and oxygen atoms in total. The van der Waals surface area contributed by atoms with Gasteiger partial charge in [-0.3, -0.25) is 4.79 Å². The second-order valence-electron chi connectivity index (χ2n) is 6.44. The Morgan fingerprint density at radius 3 is 3.08 bits per heavy atom. The minimum absolute atomic E-state index is 0.0756. The first-order chi connectivity index (χ1) is 12.2. The monoisotopic (exact) mass is 355 g/mol. The summed E-state index contributed by atoms with van der Waals surface area (Å²) in [4.78, 5) is 16.2. The molecule has 1 aliphatic carbocycles. The van der Waals surface area contributed by atoms with Crippen LogP contribution in [0.25, 0.3) is 10.9 Å². The second kappa shape index (κ2) is 6.84. The highest BCUT2D eigenvalue weighted by Gasteiger charge is 2.29. The molecule has 1 atom stereocenters. The molecule has 2 heterocycles.